The van der Waals surface area contributed by atoms with Crippen LogP contribution >= 0.6 is 0 Å². The molecule has 6 nitrogen and oxygen atoms in total. The Hall–Kier alpha value is -1.44. The van der Waals surface area contributed by atoms with Crippen LogP contribution in [-0.4, -0.2) is 76.8 Å². The van der Waals surface area contributed by atoms with Gasteiger partial charge in [-0.05, 0) is 37.2 Å². The Morgan fingerprint density at radius 1 is 1.13 bits per heavy atom. The zero-order valence-electron chi connectivity index (χ0n) is 13.7. The van der Waals surface area contributed by atoms with E-state index >= 15 is 0 Å². The highest BCUT2D eigenvalue weighted by Gasteiger charge is 2.20. The van der Waals surface area contributed by atoms with E-state index in [2.05, 4.69) is 4.90 Å². The van der Waals surface area contributed by atoms with Gasteiger partial charge in [-0.1, -0.05) is 0 Å². The molecule has 1 aliphatic heterocycles. The van der Waals surface area contributed by atoms with Crippen LogP contribution in [0.3, 0.4) is 0 Å². The molecule has 1 fully saturated rings. The lowest BCUT2D eigenvalue weighted by atomic mass is 10.2. The van der Waals surface area contributed by atoms with E-state index in [9.17, 15) is 13.2 Å². The summed E-state index contributed by atoms with van der Waals surface area (Å²) in [6.07, 6.45) is 2.09. The summed E-state index contributed by atoms with van der Waals surface area (Å²) in [6.45, 7) is 4.76. The Labute approximate surface area is 137 Å². The minimum Gasteiger partial charge on any atom is -0.383 e. The van der Waals surface area contributed by atoms with Crippen molar-refractivity contribution in [2.24, 2.45) is 0 Å². The standard InChI is InChI=1S/C16H24N2O4S/c1-22-13-12-17-8-3-9-18(11-10-17)16(19)14-4-6-15(7-5-14)23(2,20)21/h4-7H,3,8-13H2,1-2H3. The largest absolute Gasteiger partial charge is 0.383 e. The summed E-state index contributed by atoms with van der Waals surface area (Å²) in [5.41, 5.74) is 0.530. The molecule has 0 aliphatic carbocycles. The second kappa shape index (κ2) is 7.90. The zero-order chi connectivity index (χ0) is 16.9. The number of carbonyl (C=O) groups excluding carboxylic acids is 1. The predicted molar refractivity (Wildman–Crippen MR) is 88.4 cm³/mol. The Morgan fingerprint density at radius 3 is 2.43 bits per heavy atom. The van der Waals surface area contributed by atoms with E-state index in [0.717, 1.165) is 38.9 Å². The quantitative estimate of drug-likeness (QED) is 0.796. The van der Waals surface area contributed by atoms with Crippen LogP contribution in [0.4, 0.5) is 0 Å². The van der Waals surface area contributed by atoms with E-state index in [1.165, 1.54) is 12.1 Å². The van der Waals surface area contributed by atoms with Gasteiger partial charge in [-0.2, -0.15) is 0 Å². The van der Waals surface area contributed by atoms with Crippen LogP contribution in [0, 0.1) is 0 Å². The molecule has 0 atom stereocenters. The third-order valence-corrected chi connectivity index (χ3v) is 5.15. The third-order valence-electron chi connectivity index (χ3n) is 4.02. The number of sulfone groups is 1. The highest BCUT2D eigenvalue weighted by molar-refractivity contribution is 7.90. The van der Waals surface area contributed by atoms with E-state index in [4.69, 9.17) is 4.74 Å². The van der Waals surface area contributed by atoms with Crippen molar-refractivity contribution in [1.29, 1.82) is 0 Å². The number of rotatable bonds is 5. The molecule has 0 unspecified atom stereocenters. The molecular weight excluding hydrogens is 316 g/mol. The van der Waals surface area contributed by atoms with Crippen LogP contribution in [0.5, 0.6) is 0 Å². The molecule has 0 saturated carbocycles. The fourth-order valence-electron chi connectivity index (χ4n) is 2.65. The fraction of sp³-hybridized carbons (Fsp3) is 0.562. The Kier molecular flexibility index (Phi) is 6.15. The second-order valence-electron chi connectivity index (χ2n) is 5.78. The minimum absolute atomic E-state index is 0.0429. The SMILES string of the molecule is COCCN1CCCN(C(=O)c2ccc(S(C)(=O)=O)cc2)CC1. The van der Waals surface area contributed by atoms with Crippen molar-refractivity contribution < 1.29 is 17.9 Å². The van der Waals surface area contributed by atoms with E-state index in [1.807, 2.05) is 4.90 Å². The summed E-state index contributed by atoms with van der Waals surface area (Å²) < 4.78 is 28.0. The molecule has 23 heavy (non-hydrogen) atoms. The van der Waals surface area contributed by atoms with Crippen LogP contribution in [0.2, 0.25) is 0 Å². The van der Waals surface area contributed by atoms with Gasteiger partial charge in [0.1, 0.15) is 0 Å². The average Bonchev–Trinajstić information content (AvgIpc) is 2.77. The van der Waals surface area contributed by atoms with Gasteiger partial charge >= 0.3 is 0 Å². The first-order chi connectivity index (χ1) is 10.9. The van der Waals surface area contributed by atoms with Crippen molar-refractivity contribution in [2.45, 2.75) is 11.3 Å². The molecule has 0 spiro atoms. The summed E-state index contributed by atoms with van der Waals surface area (Å²) in [5.74, 6) is -0.0429. The highest BCUT2D eigenvalue weighted by atomic mass is 32.2. The van der Waals surface area contributed by atoms with Crippen molar-refractivity contribution in [3.8, 4) is 0 Å². The maximum atomic E-state index is 12.6. The minimum atomic E-state index is -3.24. The summed E-state index contributed by atoms with van der Waals surface area (Å²) in [4.78, 5) is 16.9. The van der Waals surface area contributed by atoms with E-state index in [-0.39, 0.29) is 10.8 Å². The molecule has 0 radical (unpaired) electrons. The maximum absolute atomic E-state index is 12.6. The lowest BCUT2D eigenvalue weighted by Gasteiger charge is -2.22. The number of methoxy groups -OCH3 is 1. The maximum Gasteiger partial charge on any atom is 0.253 e. The molecule has 0 N–H and O–H groups in total. The second-order valence-corrected chi connectivity index (χ2v) is 7.79. The van der Waals surface area contributed by atoms with Crippen molar-refractivity contribution in [3.63, 3.8) is 0 Å². The number of ether oxygens (including phenoxy) is 1. The Bertz CT molecular complexity index is 628. The van der Waals surface area contributed by atoms with E-state index in [0.29, 0.717) is 18.7 Å². The molecule has 1 amide bonds. The molecule has 128 valence electrons. The third kappa shape index (κ3) is 5.02. The molecule has 1 aliphatic rings. The molecule has 0 aromatic heterocycles. The average molecular weight is 340 g/mol. The number of carbonyl (C=O) groups is 1. The lowest BCUT2D eigenvalue weighted by Crippen LogP contribution is -2.36. The monoisotopic (exact) mass is 340 g/mol. The van der Waals surface area contributed by atoms with Crippen molar-refractivity contribution in [1.82, 2.24) is 9.80 Å². The first-order valence-corrected chi connectivity index (χ1v) is 9.61. The molecule has 1 heterocycles. The summed E-state index contributed by atoms with van der Waals surface area (Å²) in [7, 11) is -1.55. The van der Waals surface area contributed by atoms with Gasteiger partial charge in [-0.3, -0.25) is 9.69 Å². The molecule has 1 saturated heterocycles. The van der Waals surface area contributed by atoms with E-state index in [1.54, 1.807) is 19.2 Å². The first kappa shape index (κ1) is 17.9. The summed E-state index contributed by atoms with van der Waals surface area (Å²) >= 11 is 0. The van der Waals surface area contributed by atoms with Crippen LogP contribution in [0.1, 0.15) is 16.8 Å². The van der Waals surface area contributed by atoms with Gasteiger partial charge in [-0.15, -0.1) is 0 Å². The van der Waals surface area contributed by atoms with Gasteiger partial charge in [0.2, 0.25) is 0 Å². The Morgan fingerprint density at radius 2 is 1.83 bits per heavy atom. The number of hydrogen-bond donors (Lipinski definition) is 0. The van der Waals surface area contributed by atoms with Gasteiger partial charge in [0.25, 0.3) is 5.91 Å². The highest BCUT2D eigenvalue weighted by Crippen LogP contribution is 2.13. The first-order valence-electron chi connectivity index (χ1n) is 7.72. The van der Waals surface area contributed by atoms with Crippen LogP contribution < -0.4 is 0 Å². The smallest absolute Gasteiger partial charge is 0.253 e. The van der Waals surface area contributed by atoms with Gasteiger partial charge < -0.3 is 9.64 Å². The molecule has 2 rings (SSSR count). The fourth-order valence-corrected chi connectivity index (χ4v) is 3.28. The van der Waals surface area contributed by atoms with Gasteiger partial charge in [0.15, 0.2) is 9.84 Å². The van der Waals surface area contributed by atoms with Crippen LogP contribution in [-0.2, 0) is 14.6 Å². The van der Waals surface area contributed by atoms with Crippen LogP contribution in [0.25, 0.3) is 0 Å². The topological polar surface area (TPSA) is 66.9 Å². The van der Waals surface area contributed by atoms with Crippen molar-refractivity contribution in [3.05, 3.63) is 29.8 Å². The normalized spacial score (nSPS) is 17.0. The summed E-state index contributed by atoms with van der Waals surface area (Å²) in [6, 6.07) is 6.16. The predicted octanol–water partition coefficient (Wildman–Crippen LogP) is 0.884. The lowest BCUT2D eigenvalue weighted by molar-refractivity contribution is 0.0759. The van der Waals surface area contributed by atoms with Crippen LogP contribution in [0.15, 0.2) is 29.2 Å². The number of amides is 1. The van der Waals surface area contributed by atoms with Crippen molar-refractivity contribution in [2.75, 3.05) is 52.7 Å². The van der Waals surface area contributed by atoms with Crippen molar-refractivity contribution >= 4 is 15.7 Å². The Balaban J connectivity index is 2.00. The van der Waals surface area contributed by atoms with E-state index < -0.39 is 9.84 Å². The molecule has 1 aromatic rings. The molecule has 0 bridgehead atoms. The molecule has 1 aromatic carbocycles. The summed E-state index contributed by atoms with van der Waals surface area (Å²) in [5, 5.41) is 0. The van der Waals surface area contributed by atoms with Gasteiger partial charge in [0.05, 0.1) is 11.5 Å². The number of benzene rings is 1. The van der Waals surface area contributed by atoms with Gasteiger partial charge in [-0.25, -0.2) is 8.42 Å². The number of hydrogen-bond acceptors (Lipinski definition) is 5. The molecular formula is C16H24N2O4S. The zero-order valence-corrected chi connectivity index (χ0v) is 14.5. The molecule has 7 heteroatoms. The van der Waals surface area contributed by atoms with Gasteiger partial charge in [0, 0.05) is 45.1 Å². The number of nitrogens with zero attached hydrogens (tertiary/aromatic N) is 2.